The van der Waals surface area contributed by atoms with Gasteiger partial charge in [0, 0.05) is 32.7 Å². The van der Waals surface area contributed by atoms with Crippen LogP contribution in [0.2, 0.25) is 0 Å². The molecule has 2 aromatic carbocycles. The summed E-state index contributed by atoms with van der Waals surface area (Å²) in [6.07, 6.45) is 0.495. The highest BCUT2D eigenvalue weighted by atomic mass is 16.2. The molecule has 2 fully saturated rings. The number of imide groups is 1. The number of hydrogen-bond acceptors (Lipinski definition) is 4. The van der Waals surface area contributed by atoms with Gasteiger partial charge in [-0.1, -0.05) is 49.4 Å². The Morgan fingerprint density at radius 1 is 1.03 bits per heavy atom. The fraction of sp³-hybridized carbons (Fsp3) is 0.435. The van der Waals surface area contributed by atoms with Crippen molar-refractivity contribution >= 4 is 28.6 Å². The molecule has 2 aromatic rings. The Hall–Kier alpha value is -2.93. The van der Waals surface area contributed by atoms with Crippen LogP contribution in [0.4, 0.5) is 4.79 Å². The van der Waals surface area contributed by atoms with Crippen LogP contribution in [0.5, 0.6) is 0 Å². The van der Waals surface area contributed by atoms with Crippen LogP contribution in [0.15, 0.2) is 42.5 Å². The fourth-order valence-electron chi connectivity index (χ4n) is 4.19. The van der Waals surface area contributed by atoms with Crippen molar-refractivity contribution in [2.45, 2.75) is 32.4 Å². The van der Waals surface area contributed by atoms with E-state index >= 15 is 0 Å². The summed E-state index contributed by atoms with van der Waals surface area (Å²) in [7, 11) is 0. The van der Waals surface area contributed by atoms with Crippen molar-refractivity contribution in [1.29, 1.82) is 0 Å². The number of nitrogens with zero attached hydrogens (tertiary/aromatic N) is 3. The summed E-state index contributed by atoms with van der Waals surface area (Å²) >= 11 is 0. The summed E-state index contributed by atoms with van der Waals surface area (Å²) in [5.41, 5.74) is 0.375. The predicted octanol–water partition coefficient (Wildman–Crippen LogP) is 2.20. The molecule has 0 spiro atoms. The Labute approximate surface area is 176 Å². The van der Waals surface area contributed by atoms with E-state index in [0.29, 0.717) is 19.5 Å². The van der Waals surface area contributed by atoms with Crippen LogP contribution in [-0.4, -0.2) is 70.8 Å². The molecule has 7 nitrogen and oxygen atoms in total. The fourth-order valence-corrected chi connectivity index (χ4v) is 4.19. The SMILES string of the molecule is CC[C@@]1(C)NC(=O)N(CC(=O)N2CCN(Cc3cccc4ccccc34)CC2)C1=O. The molecule has 30 heavy (non-hydrogen) atoms. The van der Waals surface area contributed by atoms with Crippen molar-refractivity contribution in [3.63, 3.8) is 0 Å². The molecule has 1 atom stereocenters. The largest absolute Gasteiger partial charge is 0.339 e. The van der Waals surface area contributed by atoms with Crippen LogP contribution in [0.1, 0.15) is 25.8 Å². The van der Waals surface area contributed by atoms with Crippen molar-refractivity contribution < 1.29 is 14.4 Å². The molecule has 0 saturated carbocycles. The number of hydrogen-bond donors (Lipinski definition) is 1. The van der Waals surface area contributed by atoms with Crippen LogP contribution in [-0.2, 0) is 16.1 Å². The molecule has 0 radical (unpaired) electrons. The Morgan fingerprint density at radius 3 is 2.43 bits per heavy atom. The van der Waals surface area contributed by atoms with Crippen molar-refractivity contribution in [3.8, 4) is 0 Å². The second kappa shape index (κ2) is 8.07. The maximum Gasteiger partial charge on any atom is 0.325 e. The second-order valence-electron chi connectivity index (χ2n) is 8.30. The van der Waals surface area contributed by atoms with Gasteiger partial charge >= 0.3 is 6.03 Å². The third-order valence-corrected chi connectivity index (χ3v) is 6.34. The molecule has 7 heteroatoms. The molecule has 4 amide bonds. The van der Waals surface area contributed by atoms with E-state index in [0.717, 1.165) is 24.5 Å². The summed E-state index contributed by atoms with van der Waals surface area (Å²) in [6, 6.07) is 14.2. The van der Waals surface area contributed by atoms with Gasteiger partial charge < -0.3 is 10.2 Å². The number of rotatable bonds is 5. The average molecular weight is 409 g/mol. The highest BCUT2D eigenvalue weighted by Crippen LogP contribution is 2.22. The van der Waals surface area contributed by atoms with Gasteiger partial charge in [-0.3, -0.25) is 19.4 Å². The highest BCUT2D eigenvalue weighted by molar-refractivity contribution is 6.08. The first kappa shape index (κ1) is 20.3. The molecular formula is C23H28N4O3. The van der Waals surface area contributed by atoms with E-state index in [1.807, 2.05) is 13.0 Å². The summed E-state index contributed by atoms with van der Waals surface area (Å²) in [5.74, 6) is -0.499. The Kier molecular flexibility index (Phi) is 5.47. The van der Waals surface area contributed by atoms with E-state index in [9.17, 15) is 14.4 Å². The zero-order chi connectivity index (χ0) is 21.3. The van der Waals surface area contributed by atoms with Gasteiger partial charge in [0.15, 0.2) is 0 Å². The van der Waals surface area contributed by atoms with Gasteiger partial charge in [-0.15, -0.1) is 0 Å². The van der Waals surface area contributed by atoms with Crippen LogP contribution in [0.25, 0.3) is 10.8 Å². The molecule has 0 bridgehead atoms. The zero-order valence-corrected chi connectivity index (χ0v) is 17.6. The first-order chi connectivity index (χ1) is 14.4. The van der Waals surface area contributed by atoms with Crippen LogP contribution < -0.4 is 5.32 Å². The molecule has 0 unspecified atom stereocenters. The van der Waals surface area contributed by atoms with E-state index in [2.05, 4.69) is 46.6 Å². The smallest absolute Gasteiger partial charge is 0.325 e. The van der Waals surface area contributed by atoms with Crippen LogP contribution in [0, 0.1) is 0 Å². The summed E-state index contributed by atoms with van der Waals surface area (Å²) in [5, 5.41) is 5.19. The molecule has 2 aliphatic heterocycles. The zero-order valence-electron chi connectivity index (χ0n) is 17.6. The van der Waals surface area contributed by atoms with Crippen molar-refractivity contribution in [1.82, 2.24) is 20.0 Å². The van der Waals surface area contributed by atoms with E-state index < -0.39 is 11.6 Å². The number of fused-ring (bicyclic) bond motifs is 1. The van der Waals surface area contributed by atoms with E-state index in [1.54, 1.807) is 11.8 Å². The van der Waals surface area contributed by atoms with Gasteiger partial charge in [0.25, 0.3) is 5.91 Å². The summed E-state index contributed by atoms with van der Waals surface area (Å²) < 4.78 is 0. The molecule has 1 N–H and O–H groups in total. The molecule has 2 aliphatic rings. The maximum absolute atomic E-state index is 12.7. The normalized spacial score (nSPS) is 22.6. The predicted molar refractivity (Wildman–Crippen MR) is 115 cm³/mol. The molecule has 158 valence electrons. The monoisotopic (exact) mass is 408 g/mol. The minimum Gasteiger partial charge on any atom is -0.339 e. The number of nitrogens with one attached hydrogen (secondary N) is 1. The van der Waals surface area contributed by atoms with Gasteiger partial charge in [-0.25, -0.2) is 4.79 Å². The lowest BCUT2D eigenvalue weighted by Gasteiger charge is -2.35. The third kappa shape index (κ3) is 3.77. The topological polar surface area (TPSA) is 73.0 Å². The Morgan fingerprint density at radius 2 is 1.73 bits per heavy atom. The number of amides is 4. The number of urea groups is 1. The van der Waals surface area contributed by atoms with Crippen LogP contribution in [0.3, 0.4) is 0 Å². The molecule has 4 rings (SSSR count). The minimum atomic E-state index is -0.908. The quantitative estimate of drug-likeness (QED) is 0.770. The Balaban J connectivity index is 1.34. The van der Waals surface area contributed by atoms with E-state index in [1.165, 1.54) is 16.3 Å². The maximum atomic E-state index is 12.7. The second-order valence-corrected chi connectivity index (χ2v) is 8.30. The van der Waals surface area contributed by atoms with Crippen molar-refractivity contribution in [3.05, 3.63) is 48.0 Å². The van der Waals surface area contributed by atoms with Gasteiger partial charge in [-0.05, 0) is 29.7 Å². The average Bonchev–Trinajstić information content (AvgIpc) is 2.98. The number of piperazine rings is 1. The lowest BCUT2D eigenvalue weighted by atomic mass is 9.99. The van der Waals surface area contributed by atoms with E-state index in [-0.39, 0.29) is 18.4 Å². The van der Waals surface area contributed by atoms with E-state index in [4.69, 9.17) is 0 Å². The van der Waals surface area contributed by atoms with Crippen molar-refractivity contribution in [2.24, 2.45) is 0 Å². The summed E-state index contributed by atoms with van der Waals surface area (Å²) in [4.78, 5) is 42.5. The van der Waals surface area contributed by atoms with Gasteiger partial charge in [0.1, 0.15) is 12.1 Å². The van der Waals surface area contributed by atoms with Gasteiger partial charge in [0.2, 0.25) is 5.91 Å². The third-order valence-electron chi connectivity index (χ3n) is 6.34. The van der Waals surface area contributed by atoms with Crippen molar-refractivity contribution in [2.75, 3.05) is 32.7 Å². The number of carbonyl (C=O) groups is 3. The molecule has 2 saturated heterocycles. The lowest BCUT2D eigenvalue weighted by molar-refractivity contribution is -0.139. The molecular weight excluding hydrogens is 380 g/mol. The summed E-state index contributed by atoms with van der Waals surface area (Å²) in [6.45, 7) is 6.91. The first-order valence-corrected chi connectivity index (χ1v) is 10.5. The molecule has 0 aliphatic carbocycles. The first-order valence-electron chi connectivity index (χ1n) is 10.5. The number of carbonyl (C=O) groups excluding carboxylic acids is 3. The molecule has 0 aromatic heterocycles. The number of benzene rings is 2. The van der Waals surface area contributed by atoms with Gasteiger partial charge in [0.05, 0.1) is 0 Å². The highest BCUT2D eigenvalue weighted by Gasteiger charge is 2.47. The molecule has 2 heterocycles. The standard InChI is InChI=1S/C23H28N4O3/c1-3-23(2)21(29)27(22(30)24-23)16-20(28)26-13-11-25(12-14-26)15-18-9-6-8-17-7-4-5-10-19(17)18/h4-10H,3,11-16H2,1-2H3,(H,24,30)/t23-/m1/s1. The lowest BCUT2D eigenvalue weighted by Crippen LogP contribution is -2.52. The van der Waals surface area contributed by atoms with Crippen LogP contribution >= 0.6 is 0 Å². The Bertz CT molecular complexity index is 978. The minimum absolute atomic E-state index is 0.177. The van der Waals surface area contributed by atoms with Gasteiger partial charge in [-0.2, -0.15) is 0 Å².